The molecule has 166 valence electrons. The quantitative estimate of drug-likeness (QED) is 0.460. The van der Waals surface area contributed by atoms with Crippen LogP contribution < -0.4 is 10.1 Å². The van der Waals surface area contributed by atoms with Gasteiger partial charge in [0.1, 0.15) is 18.0 Å². The van der Waals surface area contributed by atoms with Gasteiger partial charge in [0.2, 0.25) is 0 Å². The number of carbonyl (C=O) groups excluding carboxylic acids is 1. The SMILES string of the molecule is CCC1(c2ccc(OCc3ccccc3)cc2)Nc2ccccc2C(=O)N1CCCOC. The summed E-state index contributed by atoms with van der Waals surface area (Å²) >= 11 is 0. The summed E-state index contributed by atoms with van der Waals surface area (Å²) in [6, 6.07) is 25.9. The Morgan fingerprint density at radius 2 is 1.66 bits per heavy atom. The van der Waals surface area contributed by atoms with Crippen molar-refractivity contribution in [1.29, 1.82) is 0 Å². The Morgan fingerprint density at radius 1 is 0.938 bits per heavy atom. The Morgan fingerprint density at radius 3 is 2.38 bits per heavy atom. The number of methoxy groups -OCH3 is 1. The van der Waals surface area contributed by atoms with E-state index in [0.717, 1.165) is 35.4 Å². The van der Waals surface area contributed by atoms with E-state index >= 15 is 0 Å². The Kier molecular flexibility index (Phi) is 6.76. The predicted octanol–water partition coefficient (Wildman–Crippen LogP) is 5.43. The number of carbonyl (C=O) groups is 1. The van der Waals surface area contributed by atoms with Gasteiger partial charge < -0.3 is 19.7 Å². The number of nitrogens with one attached hydrogen (secondary N) is 1. The molecular formula is C27H30N2O3. The summed E-state index contributed by atoms with van der Waals surface area (Å²) < 4.78 is 11.2. The normalized spacial score (nSPS) is 17.6. The van der Waals surface area contributed by atoms with Crippen LogP contribution in [-0.4, -0.2) is 31.1 Å². The molecule has 1 amide bonds. The molecule has 0 fully saturated rings. The molecule has 0 spiro atoms. The lowest BCUT2D eigenvalue weighted by Gasteiger charge is -2.48. The van der Waals surface area contributed by atoms with Crippen molar-refractivity contribution in [3.8, 4) is 5.75 Å². The van der Waals surface area contributed by atoms with Gasteiger partial charge in [-0.1, -0.05) is 61.5 Å². The smallest absolute Gasteiger partial charge is 0.258 e. The second-order valence-electron chi connectivity index (χ2n) is 7.99. The van der Waals surface area contributed by atoms with Gasteiger partial charge in [-0.15, -0.1) is 0 Å². The number of para-hydroxylation sites is 1. The standard InChI is InChI=1S/C27H30N2O3/c1-3-27(22-14-16-23(17-15-22)32-20-21-10-5-4-6-11-21)28-25-13-8-7-12-24(25)26(30)29(27)18-9-19-31-2/h4-8,10-17,28H,3,9,18-20H2,1-2H3. The van der Waals surface area contributed by atoms with Crippen molar-refractivity contribution in [2.75, 3.05) is 25.6 Å². The minimum atomic E-state index is -0.628. The van der Waals surface area contributed by atoms with Gasteiger partial charge in [-0.2, -0.15) is 0 Å². The lowest BCUT2D eigenvalue weighted by molar-refractivity contribution is 0.0451. The number of hydrogen-bond donors (Lipinski definition) is 1. The second-order valence-corrected chi connectivity index (χ2v) is 7.99. The molecule has 0 aromatic heterocycles. The van der Waals surface area contributed by atoms with Gasteiger partial charge in [-0.05, 0) is 48.2 Å². The number of amides is 1. The van der Waals surface area contributed by atoms with E-state index in [9.17, 15) is 4.79 Å². The van der Waals surface area contributed by atoms with Crippen molar-refractivity contribution < 1.29 is 14.3 Å². The average Bonchev–Trinajstić information content (AvgIpc) is 2.85. The van der Waals surface area contributed by atoms with Crippen LogP contribution in [0, 0.1) is 0 Å². The minimum absolute atomic E-state index is 0.0432. The summed E-state index contributed by atoms with van der Waals surface area (Å²) in [5.74, 6) is 0.846. The summed E-state index contributed by atoms with van der Waals surface area (Å²) in [4.78, 5) is 15.5. The van der Waals surface area contributed by atoms with Crippen molar-refractivity contribution in [2.24, 2.45) is 0 Å². The van der Waals surface area contributed by atoms with Gasteiger partial charge in [-0.25, -0.2) is 0 Å². The molecule has 5 heteroatoms. The molecule has 1 aliphatic heterocycles. The zero-order valence-electron chi connectivity index (χ0n) is 18.7. The second kappa shape index (κ2) is 9.88. The summed E-state index contributed by atoms with van der Waals surface area (Å²) in [6.07, 6.45) is 1.50. The Balaban J connectivity index is 1.62. The third kappa shape index (κ3) is 4.34. The molecule has 1 aliphatic rings. The molecule has 0 saturated heterocycles. The average molecular weight is 431 g/mol. The Labute approximate surface area is 190 Å². The summed E-state index contributed by atoms with van der Waals surface area (Å²) in [6.45, 7) is 3.84. The first-order chi connectivity index (χ1) is 15.7. The minimum Gasteiger partial charge on any atom is -0.489 e. The van der Waals surface area contributed by atoms with Crippen LogP contribution >= 0.6 is 0 Å². The number of rotatable bonds is 9. The zero-order valence-corrected chi connectivity index (χ0v) is 18.7. The molecule has 1 unspecified atom stereocenters. The zero-order chi connectivity index (χ0) is 22.4. The largest absolute Gasteiger partial charge is 0.489 e. The van der Waals surface area contributed by atoms with E-state index in [-0.39, 0.29) is 5.91 Å². The van der Waals surface area contributed by atoms with Gasteiger partial charge in [0.15, 0.2) is 0 Å². The highest BCUT2D eigenvalue weighted by Crippen LogP contribution is 2.40. The number of hydrogen-bond acceptors (Lipinski definition) is 4. The van der Waals surface area contributed by atoms with Gasteiger partial charge in [-0.3, -0.25) is 4.79 Å². The van der Waals surface area contributed by atoms with Crippen LogP contribution in [0.25, 0.3) is 0 Å². The van der Waals surface area contributed by atoms with Crippen LogP contribution in [0.2, 0.25) is 0 Å². The van der Waals surface area contributed by atoms with E-state index < -0.39 is 5.66 Å². The maximum atomic E-state index is 13.5. The molecule has 0 aliphatic carbocycles. The molecular weight excluding hydrogens is 400 g/mol. The van der Waals surface area contributed by atoms with Crippen molar-refractivity contribution in [3.63, 3.8) is 0 Å². The number of anilines is 1. The summed E-state index contributed by atoms with van der Waals surface area (Å²) in [7, 11) is 1.69. The lowest BCUT2D eigenvalue weighted by atomic mass is 9.89. The van der Waals surface area contributed by atoms with Gasteiger partial charge in [0.05, 0.1) is 5.56 Å². The number of benzene rings is 3. The summed E-state index contributed by atoms with van der Waals surface area (Å²) in [5.41, 5.74) is 3.11. The van der Waals surface area contributed by atoms with E-state index in [1.807, 2.05) is 71.6 Å². The van der Waals surface area contributed by atoms with Crippen molar-refractivity contribution in [1.82, 2.24) is 4.90 Å². The van der Waals surface area contributed by atoms with Crippen LogP contribution in [0.5, 0.6) is 5.75 Å². The van der Waals surface area contributed by atoms with Crippen LogP contribution in [0.1, 0.15) is 41.3 Å². The molecule has 32 heavy (non-hydrogen) atoms. The molecule has 5 nitrogen and oxygen atoms in total. The lowest BCUT2D eigenvalue weighted by Crippen LogP contribution is -2.57. The number of nitrogens with zero attached hydrogens (tertiary/aromatic N) is 1. The van der Waals surface area contributed by atoms with Crippen LogP contribution in [0.3, 0.4) is 0 Å². The first-order valence-corrected chi connectivity index (χ1v) is 11.1. The fourth-order valence-electron chi connectivity index (χ4n) is 4.33. The van der Waals surface area contributed by atoms with Gasteiger partial charge in [0.25, 0.3) is 5.91 Å². The van der Waals surface area contributed by atoms with Crippen LogP contribution in [0.4, 0.5) is 5.69 Å². The number of ether oxygens (including phenoxy) is 2. The predicted molar refractivity (Wildman–Crippen MR) is 127 cm³/mol. The van der Waals surface area contributed by atoms with Crippen molar-refractivity contribution >= 4 is 11.6 Å². The van der Waals surface area contributed by atoms with Crippen molar-refractivity contribution in [2.45, 2.75) is 32.0 Å². The molecule has 1 N–H and O–H groups in total. The first kappa shape index (κ1) is 21.9. The van der Waals surface area contributed by atoms with E-state index in [1.54, 1.807) is 7.11 Å². The topological polar surface area (TPSA) is 50.8 Å². The Bertz CT molecular complexity index is 1040. The highest BCUT2D eigenvalue weighted by atomic mass is 16.5. The number of fused-ring (bicyclic) bond motifs is 1. The molecule has 0 radical (unpaired) electrons. The maximum absolute atomic E-state index is 13.5. The molecule has 3 aromatic carbocycles. The van der Waals surface area contributed by atoms with E-state index in [2.05, 4.69) is 24.4 Å². The van der Waals surface area contributed by atoms with E-state index in [1.165, 1.54) is 0 Å². The molecule has 1 heterocycles. The molecule has 3 aromatic rings. The first-order valence-electron chi connectivity index (χ1n) is 11.1. The van der Waals surface area contributed by atoms with Gasteiger partial charge in [0, 0.05) is 25.9 Å². The van der Waals surface area contributed by atoms with Crippen LogP contribution in [-0.2, 0) is 17.0 Å². The molecule has 0 bridgehead atoms. The third-order valence-electron chi connectivity index (χ3n) is 6.03. The molecule has 1 atom stereocenters. The van der Waals surface area contributed by atoms with Crippen molar-refractivity contribution in [3.05, 3.63) is 95.6 Å². The Hall–Kier alpha value is -3.31. The van der Waals surface area contributed by atoms with Crippen LogP contribution in [0.15, 0.2) is 78.9 Å². The molecule has 0 saturated carbocycles. The maximum Gasteiger partial charge on any atom is 0.258 e. The third-order valence-corrected chi connectivity index (χ3v) is 6.03. The highest BCUT2D eigenvalue weighted by molar-refractivity contribution is 6.02. The fourth-order valence-corrected chi connectivity index (χ4v) is 4.33. The monoisotopic (exact) mass is 430 g/mol. The highest BCUT2D eigenvalue weighted by Gasteiger charge is 2.44. The molecule has 4 rings (SSSR count). The fraction of sp³-hybridized carbons (Fsp3) is 0.296. The van der Waals surface area contributed by atoms with E-state index in [4.69, 9.17) is 9.47 Å². The van der Waals surface area contributed by atoms with E-state index in [0.29, 0.717) is 25.3 Å². The van der Waals surface area contributed by atoms with Gasteiger partial charge >= 0.3 is 0 Å². The summed E-state index contributed by atoms with van der Waals surface area (Å²) in [5, 5.41) is 3.68.